The van der Waals surface area contributed by atoms with Crippen molar-refractivity contribution in [1.82, 2.24) is 9.97 Å². The second-order valence-electron chi connectivity index (χ2n) is 6.63. The molecule has 2 aromatic carbocycles. The molecule has 0 spiro atoms. The minimum absolute atomic E-state index is 0. The largest absolute Gasteiger partial charge is 0.338 e. The van der Waals surface area contributed by atoms with Crippen molar-refractivity contribution in [2.45, 2.75) is 26.2 Å². The van der Waals surface area contributed by atoms with E-state index in [1.165, 1.54) is 0 Å². The van der Waals surface area contributed by atoms with E-state index < -0.39 is 5.41 Å². The first-order valence-corrected chi connectivity index (χ1v) is 8.42. The summed E-state index contributed by atoms with van der Waals surface area (Å²) >= 11 is 6.28. The topological polar surface area (TPSA) is 49.0 Å². The molecule has 1 N–H and O–H groups in total. The molecule has 0 unspecified atom stereocenters. The lowest BCUT2D eigenvalue weighted by atomic mass is 9.86. The summed E-state index contributed by atoms with van der Waals surface area (Å²) in [5.74, 6) is 0.880. The van der Waals surface area contributed by atoms with Crippen molar-refractivity contribution in [3.8, 4) is 11.4 Å². The van der Waals surface area contributed by atoms with Crippen molar-refractivity contribution in [3.63, 3.8) is 0 Å². The monoisotopic (exact) mass is 375 g/mol. The molecule has 1 aliphatic heterocycles. The van der Waals surface area contributed by atoms with Gasteiger partial charge in [-0.3, -0.25) is 4.79 Å². The summed E-state index contributed by atoms with van der Waals surface area (Å²) in [6.45, 7) is 6.59. The number of nitrogens with one attached hydrogen (secondary N) is 1. The summed E-state index contributed by atoms with van der Waals surface area (Å²) in [4.78, 5) is 22.5. The highest BCUT2D eigenvalue weighted by Gasteiger charge is 2.43. The molecule has 1 aromatic heterocycles. The summed E-state index contributed by atoms with van der Waals surface area (Å²) < 4.78 is 0. The molecule has 1 aliphatic rings. The summed E-state index contributed by atoms with van der Waals surface area (Å²) in [5, 5.41) is 0.662. The predicted molar refractivity (Wildman–Crippen MR) is 105 cm³/mol. The van der Waals surface area contributed by atoms with Gasteiger partial charge in [-0.15, -0.1) is 12.4 Å². The Morgan fingerprint density at radius 3 is 2.64 bits per heavy atom. The number of hydrogen-bond donors (Lipinski definition) is 1. The maximum atomic E-state index is 12.6. The van der Waals surface area contributed by atoms with Crippen LogP contribution in [0.5, 0.6) is 0 Å². The molecule has 0 radical (unpaired) electrons. The quantitative estimate of drug-likeness (QED) is 0.688. The average Bonchev–Trinajstić information content (AvgIpc) is 3.04. The first-order chi connectivity index (χ1) is 11.4. The van der Waals surface area contributed by atoms with E-state index in [2.05, 4.69) is 4.98 Å². The van der Waals surface area contributed by atoms with Crippen LogP contribution in [0.2, 0.25) is 5.02 Å². The van der Waals surface area contributed by atoms with Crippen molar-refractivity contribution in [2.75, 3.05) is 11.4 Å². The lowest BCUT2D eigenvalue weighted by Crippen LogP contribution is -2.35. The van der Waals surface area contributed by atoms with Crippen molar-refractivity contribution < 1.29 is 4.79 Å². The molecule has 4 nitrogen and oxygen atoms in total. The Hall–Kier alpha value is -2.04. The number of likely N-dealkylation sites (N-methyl/N-ethyl adjacent to an activating group) is 1. The highest BCUT2D eigenvalue weighted by atomic mass is 35.5. The fraction of sp³-hybridized carbons (Fsp3) is 0.263. The number of rotatable bonds is 2. The number of aromatic amines is 1. The Kier molecular flexibility index (Phi) is 4.30. The molecule has 4 rings (SSSR count). The molecule has 2 heterocycles. The molecule has 6 heteroatoms. The highest BCUT2D eigenvalue weighted by molar-refractivity contribution is 6.33. The van der Waals surface area contributed by atoms with E-state index in [0.717, 1.165) is 33.7 Å². The second-order valence-corrected chi connectivity index (χ2v) is 7.03. The van der Waals surface area contributed by atoms with Crippen LogP contribution in [-0.2, 0) is 10.2 Å². The molecule has 0 saturated carbocycles. The first-order valence-electron chi connectivity index (χ1n) is 8.04. The lowest BCUT2D eigenvalue weighted by molar-refractivity contribution is -0.122. The predicted octanol–water partition coefficient (Wildman–Crippen LogP) is 4.95. The third-order valence-corrected chi connectivity index (χ3v) is 5.12. The zero-order valence-corrected chi connectivity index (χ0v) is 15.8. The molecule has 0 bridgehead atoms. The third kappa shape index (κ3) is 2.52. The van der Waals surface area contributed by atoms with Crippen LogP contribution in [0.1, 0.15) is 26.3 Å². The number of hydrogen-bond acceptors (Lipinski definition) is 2. The van der Waals surface area contributed by atoms with Crippen molar-refractivity contribution in [3.05, 3.63) is 47.0 Å². The zero-order valence-electron chi connectivity index (χ0n) is 14.3. The number of amides is 1. The van der Waals surface area contributed by atoms with Gasteiger partial charge in [0, 0.05) is 12.1 Å². The SMILES string of the molecule is CCN1C(=O)C(C)(C)c2cc3nc(-c4ccccc4Cl)[nH]c3cc21.Cl. The van der Waals surface area contributed by atoms with Crippen LogP contribution >= 0.6 is 24.0 Å². The van der Waals surface area contributed by atoms with E-state index in [0.29, 0.717) is 11.6 Å². The summed E-state index contributed by atoms with van der Waals surface area (Å²) in [6, 6.07) is 11.7. The maximum absolute atomic E-state index is 12.6. The maximum Gasteiger partial charge on any atom is 0.237 e. The molecule has 0 fully saturated rings. The van der Waals surface area contributed by atoms with Crippen LogP contribution < -0.4 is 4.90 Å². The molecule has 3 aromatic rings. The standard InChI is InChI=1S/C19H18ClN3O.ClH/c1-4-23-16-10-15-14(9-12(16)19(2,3)18(23)24)21-17(22-15)11-7-5-6-8-13(11)20;/h5-10H,4H2,1-3H3,(H,21,22);1H. The summed E-state index contributed by atoms with van der Waals surface area (Å²) in [5.41, 5.74) is 4.10. The molecule has 130 valence electrons. The van der Waals surface area contributed by atoms with Gasteiger partial charge in [-0.05, 0) is 50.6 Å². The minimum Gasteiger partial charge on any atom is -0.338 e. The number of H-pyrrole nitrogens is 1. The van der Waals surface area contributed by atoms with E-state index in [1.807, 2.05) is 62.1 Å². The number of imidazole rings is 1. The number of carbonyl (C=O) groups excluding carboxylic acids is 1. The van der Waals surface area contributed by atoms with Crippen LogP contribution in [0.4, 0.5) is 5.69 Å². The van der Waals surface area contributed by atoms with Crippen molar-refractivity contribution in [2.24, 2.45) is 0 Å². The molecule has 0 aliphatic carbocycles. The Bertz CT molecular complexity index is 978. The number of aromatic nitrogens is 2. The van der Waals surface area contributed by atoms with Crippen LogP contribution in [0.25, 0.3) is 22.4 Å². The second kappa shape index (κ2) is 6.04. The Balaban J connectivity index is 0.00000182. The van der Waals surface area contributed by atoms with E-state index in [1.54, 1.807) is 0 Å². The smallest absolute Gasteiger partial charge is 0.237 e. The first kappa shape index (κ1) is 17.8. The molecule has 1 amide bonds. The Morgan fingerprint density at radius 2 is 1.96 bits per heavy atom. The van der Waals surface area contributed by atoms with E-state index >= 15 is 0 Å². The summed E-state index contributed by atoms with van der Waals surface area (Å²) in [7, 11) is 0. The zero-order chi connectivity index (χ0) is 17.1. The number of fused-ring (bicyclic) bond motifs is 2. The summed E-state index contributed by atoms with van der Waals surface area (Å²) in [6.07, 6.45) is 0. The number of halogens is 2. The van der Waals surface area contributed by atoms with Gasteiger partial charge in [-0.1, -0.05) is 23.7 Å². The van der Waals surface area contributed by atoms with Gasteiger partial charge in [0.1, 0.15) is 5.82 Å². The van der Waals surface area contributed by atoms with Crippen LogP contribution in [0.3, 0.4) is 0 Å². The van der Waals surface area contributed by atoms with Gasteiger partial charge in [-0.2, -0.15) is 0 Å². The Labute approximate surface area is 157 Å². The van der Waals surface area contributed by atoms with Gasteiger partial charge in [-0.25, -0.2) is 4.98 Å². The number of anilines is 1. The molecule has 0 atom stereocenters. The van der Waals surface area contributed by atoms with E-state index in [-0.39, 0.29) is 18.3 Å². The van der Waals surface area contributed by atoms with Crippen LogP contribution in [-0.4, -0.2) is 22.4 Å². The molecule has 0 saturated heterocycles. The number of nitrogens with zero attached hydrogens (tertiary/aromatic N) is 2. The average molecular weight is 376 g/mol. The number of carbonyl (C=O) groups is 1. The van der Waals surface area contributed by atoms with Gasteiger partial charge in [0.25, 0.3) is 0 Å². The van der Waals surface area contributed by atoms with Crippen LogP contribution in [0.15, 0.2) is 36.4 Å². The Morgan fingerprint density at radius 1 is 1.24 bits per heavy atom. The van der Waals surface area contributed by atoms with Gasteiger partial charge in [0.2, 0.25) is 5.91 Å². The highest BCUT2D eigenvalue weighted by Crippen LogP contribution is 2.43. The van der Waals surface area contributed by atoms with Gasteiger partial charge in [0.15, 0.2) is 0 Å². The van der Waals surface area contributed by atoms with Crippen molar-refractivity contribution in [1.29, 1.82) is 0 Å². The molecular formula is C19H19Cl2N3O. The van der Waals surface area contributed by atoms with Gasteiger partial charge >= 0.3 is 0 Å². The minimum atomic E-state index is -0.525. The normalized spacial score (nSPS) is 15.4. The fourth-order valence-electron chi connectivity index (χ4n) is 3.43. The van der Waals surface area contributed by atoms with E-state index in [4.69, 9.17) is 16.6 Å². The van der Waals surface area contributed by atoms with Gasteiger partial charge < -0.3 is 9.88 Å². The molecule has 25 heavy (non-hydrogen) atoms. The molecular weight excluding hydrogens is 357 g/mol. The fourth-order valence-corrected chi connectivity index (χ4v) is 3.65. The third-order valence-electron chi connectivity index (χ3n) is 4.79. The van der Waals surface area contributed by atoms with Gasteiger partial charge in [0.05, 0.1) is 27.2 Å². The van der Waals surface area contributed by atoms with Crippen molar-refractivity contribution >= 4 is 46.6 Å². The lowest BCUT2D eigenvalue weighted by Gasteiger charge is -2.18. The van der Waals surface area contributed by atoms with E-state index in [9.17, 15) is 4.79 Å². The van der Waals surface area contributed by atoms with Crippen LogP contribution in [0, 0.1) is 0 Å². The number of benzene rings is 2.